The van der Waals surface area contributed by atoms with E-state index in [9.17, 15) is 18.7 Å². The lowest BCUT2D eigenvalue weighted by Crippen LogP contribution is -2.62. The number of hydrogen-bond donors (Lipinski definition) is 1. The van der Waals surface area contributed by atoms with E-state index in [-0.39, 0.29) is 28.9 Å². The van der Waals surface area contributed by atoms with Crippen molar-refractivity contribution >= 4 is 5.91 Å². The first-order valence-corrected chi connectivity index (χ1v) is 9.76. The number of carbonyl (C=O) groups excluding carboxylic acids is 1. The molecule has 1 N–H and O–H groups in total. The standard InChI is InChI=1S/C21H27F2NO3/c1-20(26)9-14(10-20)19(25)24-11-21(12-24)5-3-13(4-6-21)16-7-15(22)8-17(27-2)18(16)23/h7-8,13-14,26H,3-6,9-12H2,1-2H3/t14-,20+. The van der Waals surface area contributed by atoms with Crippen LogP contribution in [0.4, 0.5) is 8.78 Å². The molecule has 1 saturated heterocycles. The maximum Gasteiger partial charge on any atom is 0.225 e. The first kappa shape index (κ1) is 18.7. The quantitative estimate of drug-likeness (QED) is 0.873. The van der Waals surface area contributed by atoms with E-state index in [4.69, 9.17) is 4.74 Å². The highest BCUT2D eigenvalue weighted by atomic mass is 19.1. The van der Waals surface area contributed by atoms with Crippen LogP contribution in [0.1, 0.15) is 56.9 Å². The zero-order valence-corrected chi connectivity index (χ0v) is 15.9. The predicted molar refractivity (Wildman–Crippen MR) is 96.5 cm³/mol. The summed E-state index contributed by atoms with van der Waals surface area (Å²) in [7, 11) is 1.35. The van der Waals surface area contributed by atoms with Crippen molar-refractivity contribution in [3.63, 3.8) is 0 Å². The van der Waals surface area contributed by atoms with Crippen LogP contribution < -0.4 is 4.74 Å². The molecule has 27 heavy (non-hydrogen) atoms. The summed E-state index contributed by atoms with van der Waals surface area (Å²) in [6.45, 7) is 3.29. The van der Waals surface area contributed by atoms with Crippen LogP contribution in [0.15, 0.2) is 12.1 Å². The van der Waals surface area contributed by atoms with Gasteiger partial charge in [0.2, 0.25) is 5.91 Å². The van der Waals surface area contributed by atoms with E-state index in [0.717, 1.165) is 44.8 Å². The first-order chi connectivity index (χ1) is 12.7. The molecule has 4 nitrogen and oxygen atoms in total. The van der Waals surface area contributed by atoms with Crippen molar-refractivity contribution in [2.75, 3.05) is 20.2 Å². The summed E-state index contributed by atoms with van der Waals surface area (Å²) in [5.74, 6) is -0.853. The van der Waals surface area contributed by atoms with Crippen LogP contribution in [0.2, 0.25) is 0 Å². The fraction of sp³-hybridized carbons (Fsp3) is 0.667. The summed E-state index contributed by atoms with van der Waals surface area (Å²) in [5.41, 5.74) is -0.144. The first-order valence-electron chi connectivity index (χ1n) is 9.76. The monoisotopic (exact) mass is 379 g/mol. The van der Waals surface area contributed by atoms with E-state index in [1.165, 1.54) is 13.2 Å². The zero-order chi connectivity index (χ0) is 19.4. The number of hydrogen-bond acceptors (Lipinski definition) is 3. The van der Waals surface area contributed by atoms with Crippen molar-refractivity contribution in [1.82, 2.24) is 4.90 Å². The molecule has 3 fully saturated rings. The molecule has 1 spiro atoms. The third-order valence-corrected chi connectivity index (χ3v) is 6.82. The Morgan fingerprint density at radius 3 is 2.41 bits per heavy atom. The van der Waals surface area contributed by atoms with Crippen LogP contribution in [0.3, 0.4) is 0 Å². The fourth-order valence-corrected chi connectivity index (χ4v) is 5.24. The number of halogens is 2. The van der Waals surface area contributed by atoms with Crippen LogP contribution in [-0.2, 0) is 4.79 Å². The molecule has 1 amide bonds. The van der Waals surface area contributed by atoms with Gasteiger partial charge in [0.25, 0.3) is 0 Å². The molecule has 0 radical (unpaired) electrons. The largest absolute Gasteiger partial charge is 0.494 e. The molecule has 1 aliphatic heterocycles. The molecule has 4 rings (SSSR count). The van der Waals surface area contributed by atoms with Gasteiger partial charge in [0, 0.05) is 30.5 Å². The van der Waals surface area contributed by atoms with Crippen LogP contribution >= 0.6 is 0 Å². The van der Waals surface area contributed by atoms with Gasteiger partial charge in [-0.05, 0) is 63.0 Å². The van der Waals surface area contributed by atoms with Crippen LogP contribution in [0, 0.1) is 23.0 Å². The number of aliphatic hydroxyl groups is 1. The van der Waals surface area contributed by atoms with Crippen molar-refractivity contribution in [2.45, 2.75) is 57.0 Å². The van der Waals surface area contributed by atoms with Gasteiger partial charge in [-0.1, -0.05) is 0 Å². The maximum absolute atomic E-state index is 14.5. The maximum atomic E-state index is 14.5. The molecule has 3 aliphatic rings. The van der Waals surface area contributed by atoms with Gasteiger partial charge in [0.1, 0.15) is 5.82 Å². The van der Waals surface area contributed by atoms with Crippen LogP contribution in [-0.4, -0.2) is 41.7 Å². The van der Waals surface area contributed by atoms with Crippen LogP contribution in [0.25, 0.3) is 0 Å². The van der Waals surface area contributed by atoms with Crippen molar-refractivity contribution in [2.24, 2.45) is 11.3 Å². The average molecular weight is 379 g/mol. The Kier molecular flexibility index (Phi) is 4.45. The Hall–Kier alpha value is -1.69. The molecule has 1 heterocycles. The average Bonchev–Trinajstić information content (AvgIpc) is 2.58. The molecule has 1 aromatic rings. The Bertz CT molecular complexity index is 740. The number of rotatable bonds is 3. The Morgan fingerprint density at radius 1 is 1.22 bits per heavy atom. The molecule has 6 heteroatoms. The molecule has 0 bridgehead atoms. The van der Waals surface area contributed by atoms with E-state index in [2.05, 4.69) is 0 Å². The number of nitrogens with zero attached hydrogens (tertiary/aromatic N) is 1. The van der Waals surface area contributed by atoms with E-state index in [0.29, 0.717) is 18.4 Å². The second-order valence-electron chi connectivity index (χ2n) is 9.08. The predicted octanol–water partition coefficient (Wildman–Crippen LogP) is 3.62. The lowest BCUT2D eigenvalue weighted by Gasteiger charge is -2.55. The molecule has 0 unspecified atom stereocenters. The van der Waals surface area contributed by atoms with Gasteiger partial charge >= 0.3 is 0 Å². The summed E-state index contributed by atoms with van der Waals surface area (Å²) in [5, 5.41) is 9.83. The van der Waals surface area contributed by atoms with Gasteiger partial charge in [-0.15, -0.1) is 0 Å². The second kappa shape index (κ2) is 6.43. The van der Waals surface area contributed by atoms with Crippen molar-refractivity contribution in [3.05, 3.63) is 29.3 Å². The lowest BCUT2D eigenvalue weighted by atomic mass is 9.63. The lowest BCUT2D eigenvalue weighted by molar-refractivity contribution is -0.163. The highest BCUT2D eigenvalue weighted by molar-refractivity contribution is 5.81. The molecule has 148 valence electrons. The molecule has 2 saturated carbocycles. The van der Waals surface area contributed by atoms with Crippen molar-refractivity contribution in [1.29, 1.82) is 0 Å². The molecule has 0 aromatic heterocycles. The number of likely N-dealkylation sites (tertiary alicyclic amines) is 1. The van der Waals surface area contributed by atoms with Crippen molar-refractivity contribution < 1.29 is 23.4 Å². The van der Waals surface area contributed by atoms with E-state index >= 15 is 0 Å². The summed E-state index contributed by atoms with van der Waals surface area (Å²) in [6, 6.07) is 2.37. The molecular formula is C21H27F2NO3. The molecular weight excluding hydrogens is 352 g/mol. The SMILES string of the molecule is COc1cc(F)cc(C2CCC3(CC2)CN(C(=O)[C@H]2C[C@@](C)(O)C2)C3)c1F. The Balaban J connectivity index is 1.34. The third kappa shape index (κ3) is 3.33. The summed E-state index contributed by atoms with van der Waals surface area (Å²) >= 11 is 0. The number of benzene rings is 1. The number of ether oxygens (including phenoxy) is 1. The normalized spacial score (nSPS) is 30.0. The van der Waals surface area contributed by atoms with E-state index < -0.39 is 17.2 Å². The minimum Gasteiger partial charge on any atom is -0.494 e. The highest BCUT2D eigenvalue weighted by Gasteiger charge is 2.51. The van der Waals surface area contributed by atoms with Gasteiger partial charge in [0.05, 0.1) is 12.7 Å². The molecule has 2 aliphatic carbocycles. The van der Waals surface area contributed by atoms with Crippen molar-refractivity contribution in [3.8, 4) is 5.75 Å². The molecule has 1 aromatic carbocycles. The van der Waals surface area contributed by atoms with Gasteiger partial charge < -0.3 is 14.7 Å². The minimum absolute atomic E-state index is 0.00768. The summed E-state index contributed by atoms with van der Waals surface area (Å²) in [4.78, 5) is 14.4. The van der Waals surface area contributed by atoms with Crippen LogP contribution in [0.5, 0.6) is 5.75 Å². The number of amides is 1. The van der Waals surface area contributed by atoms with Gasteiger partial charge in [-0.3, -0.25) is 4.79 Å². The fourth-order valence-electron chi connectivity index (χ4n) is 5.24. The summed E-state index contributed by atoms with van der Waals surface area (Å²) < 4.78 is 33.3. The molecule has 0 atom stereocenters. The zero-order valence-electron chi connectivity index (χ0n) is 15.9. The minimum atomic E-state index is -0.684. The highest BCUT2D eigenvalue weighted by Crippen LogP contribution is 2.50. The number of carbonyl (C=O) groups is 1. The topological polar surface area (TPSA) is 49.8 Å². The van der Waals surface area contributed by atoms with E-state index in [1.807, 2.05) is 4.90 Å². The Labute approximate surface area is 158 Å². The van der Waals surface area contributed by atoms with Gasteiger partial charge in [-0.2, -0.15) is 0 Å². The third-order valence-electron chi connectivity index (χ3n) is 6.82. The smallest absolute Gasteiger partial charge is 0.225 e. The van der Waals surface area contributed by atoms with E-state index in [1.54, 1.807) is 6.92 Å². The summed E-state index contributed by atoms with van der Waals surface area (Å²) in [6.07, 6.45) is 4.54. The van der Waals surface area contributed by atoms with Gasteiger partial charge in [-0.25, -0.2) is 8.78 Å². The number of methoxy groups -OCH3 is 1. The second-order valence-corrected chi connectivity index (χ2v) is 9.08. The van der Waals surface area contributed by atoms with Gasteiger partial charge in [0.15, 0.2) is 11.6 Å². The Morgan fingerprint density at radius 2 is 1.85 bits per heavy atom.